The molecule has 2 aliphatic rings. The molecule has 0 aromatic rings. The molecule has 1 spiro atoms. The molecule has 0 aromatic carbocycles. The van der Waals surface area contributed by atoms with E-state index in [2.05, 4.69) is 6.92 Å². The van der Waals surface area contributed by atoms with Gasteiger partial charge in [-0.2, -0.15) is 0 Å². The first-order valence-corrected chi connectivity index (χ1v) is 7.17. The summed E-state index contributed by atoms with van der Waals surface area (Å²) in [7, 11) is 0. The number of rotatable bonds is 6. The normalized spacial score (nSPS) is 31.4. The van der Waals surface area contributed by atoms with Gasteiger partial charge in [0.2, 0.25) is 0 Å². The highest BCUT2D eigenvalue weighted by Crippen LogP contribution is 2.53. The Morgan fingerprint density at radius 2 is 1.88 bits per heavy atom. The molecule has 2 rings (SSSR count). The van der Waals surface area contributed by atoms with Gasteiger partial charge in [0.1, 0.15) is 0 Å². The summed E-state index contributed by atoms with van der Waals surface area (Å²) in [6.07, 6.45) is 8.17. The van der Waals surface area contributed by atoms with Gasteiger partial charge in [-0.05, 0) is 19.3 Å². The fourth-order valence-corrected chi connectivity index (χ4v) is 3.32. The van der Waals surface area contributed by atoms with Gasteiger partial charge in [-0.1, -0.05) is 26.2 Å². The van der Waals surface area contributed by atoms with Crippen molar-refractivity contribution < 1.29 is 14.6 Å². The van der Waals surface area contributed by atoms with E-state index in [0.717, 1.165) is 32.3 Å². The summed E-state index contributed by atoms with van der Waals surface area (Å²) in [6.45, 7) is 4.30. The van der Waals surface area contributed by atoms with Gasteiger partial charge >= 0.3 is 0 Å². The summed E-state index contributed by atoms with van der Waals surface area (Å²) in [5.41, 5.74) is 0.100. The highest BCUT2D eigenvalue weighted by atomic mass is 16.5. The standard InChI is InChI=1S/C14H26O3/c1-2-8-16-9-10-17-13-11-12(15)14(13)6-4-3-5-7-14/h12-13,15H,2-11H2,1H3. The molecule has 0 aromatic heterocycles. The molecular formula is C14H26O3. The van der Waals surface area contributed by atoms with Gasteiger partial charge in [-0.3, -0.25) is 0 Å². The molecule has 100 valence electrons. The van der Waals surface area contributed by atoms with Gasteiger partial charge in [-0.25, -0.2) is 0 Å². The second-order valence-electron chi connectivity index (χ2n) is 5.52. The van der Waals surface area contributed by atoms with Crippen LogP contribution in [0.1, 0.15) is 51.9 Å². The molecule has 17 heavy (non-hydrogen) atoms. The smallest absolute Gasteiger partial charge is 0.0704 e. The largest absolute Gasteiger partial charge is 0.392 e. The van der Waals surface area contributed by atoms with Crippen molar-refractivity contribution in [2.24, 2.45) is 5.41 Å². The lowest BCUT2D eigenvalue weighted by atomic mass is 9.56. The van der Waals surface area contributed by atoms with Crippen molar-refractivity contribution in [3.8, 4) is 0 Å². The molecule has 3 nitrogen and oxygen atoms in total. The van der Waals surface area contributed by atoms with Crippen LogP contribution in [0.2, 0.25) is 0 Å². The van der Waals surface area contributed by atoms with Gasteiger partial charge in [0.05, 0.1) is 25.4 Å². The van der Waals surface area contributed by atoms with E-state index < -0.39 is 0 Å². The Labute approximate surface area is 104 Å². The van der Waals surface area contributed by atoms with Gasteiger partial charge in [0, 0.05) is 18.4 Å². The van der Waals surface area contributed by atoms with Crippen LogP contribution in [0, 0.1) is 5.41 Å². The van der Waals surface area contributed by atoms with Crippen LogP contribution in [0.15, 0.2) is 0 Å². The summed E-state index contributed by atoms with van der Waals surface area (Å²) in [5.74, 6) is 0. The van der Waals surface area contributed by atoms with Crippen LogP contribution in [-0.2, 0) is 9.47 Å². The van der Waals surface area contributed by atoms with E-state index in [1.54, 1.807) is 0 Å². The topological polar surface area (TPSA) is 38.7 Å². The first-order valence-electron chi connectivity index (χ1n) is 7.17. The van der Waals surface area contributed by atoms with Crippen molar-refractivity contribution in [2.45, 2.75) is 64.1 Å². The first kappa shape index (κ1) is 13.3. The summed E-state index contributed by atoms with van der Waals surface area (Å²) in [6, 6.07) is 0. The fraction of sp³-hybridized carbons (Fsp3) is 1.00. The van der Waals surface area contributed by atoms with Crippen molar-refractivity contribution in [3.63, 3.8) is 0 Å². The van der Waals surface area contributed by atoms with Gasteiger partial charge in [0.15, 0.2) is 0 Å². The zero-order valence-electron chi connectivity index (χ0n) is 11.0. The lowest BCUT2D eigenvalue weighted by Crippen LogP contribution is -2.59. The second kappa shape index (κ2) is 6.17. The van der Waals surface area contributed by atoms with Crippen molar-refractivity contribution in [1.82, 2.24) is 0 Å². The zero-order chi connectivity index (χ0) is 12.1. The minimum Gasteiger partial charge on any atom is -0.392 e. The molecule has 2 atom stereocenters. The molecule has 2 saturated carbocycles. The van der Waals surface area contributed by atoms with E-state index in [1.165, 1.54) is 19.3 Å². The lowest BCUT2D eigenvalue weighted by molar-refractivity contribution is -0.209. The quantitative estimate of drug-likeness (QED) is 0.727. The first-order chi connectivity index (χ1) is 8.29. The predicted octanol–water partition coefficient (Wildman–Crippen LogP) is 2.51. The van der Waals surface area contributed by atoms with Crippen LogP contribution in [-0.4, -0.2) is 37.1 Å². The maximum absolute atomic E-state index is 10.0. The third kappa shape index (κ3) is 2.83. The van der Waals surface area contributed by atoms with E-state index in [0.29, 0.717) is 13.2 Å². The number of hydrogen-bond acceptors (Lipinski definition) is 3. The Balaban J connectivity index is 1.70. The molecule has 0 heterocycles. The van der Waals surface area contributed by atoms with Crippen LogP contribution >= 0.6 is 0 Å². The number of hydrogen-bond donors (Lipinski definition) is 1. The third-order valence-electron chi connectivity index (χ3n) is 4.42. The van der Waals surface area contributed by atoms with Crippen LogP contribution in [0.5, 0.6) is 0 Å². The molecule has 2 unspecified atom stereocenters. The van der Waals surface area contributed by atoms with Gasteiger partial charge in [0.25, 0.3) is 0 Å². The molecule has 1 N–H and O–H groups in total. The summed E-state index contributed by atoms with van der Waals surface area (Å²) in [5, 5.41) is 10.0. The van der Waals surface area contributed by atoms with Crippen molar-refractivity contribution in [3.05, 3.63) is 0 Å². The van der Waals surface area contributed by atoms with E-state index >= 15 is 0 Å². The minimum absolute atomic E-state index is 0.100. The predicted molar refractivity (Wildman–Crippen MR) is 67.0 cm³/mol. The number of aliphatic hydroxyl groups excluding tert-OH is 1. The van der Waals surface area contributed by atoms with E-state index in [4.69, 9.17) is 9.47 Å². The molecule has 0 bridgehead atoms. The molecular weight excluding hydrogens is 216 g/mol. The molecule has 2 fully saturated rings. The van der Waals surface area contributed by atoms with E-state index in [1.807, 2.05) is 0 Å². The lowest BCUT2D eigenvalue weighted by Gasteiger charge is -2.55. The minimum atomic E-state index is -0.121. The van der Waals surface area contributed by atoms with Crippen molar-refractivity contribution in [1.29, 1.82) is 0 Å². The fourth-order valence-electron chi connectivity index (χ4n) is 3.32. The van der Waals surface area contributed by atoms with Crippen molar-refractivity contribution in [2.75, 3.05) is 19.8 Å². The Bertz CT molecular complexity index is 224. The Morgan fingerprint density at radius 1 is 1.12 bits per heavy atom. The molecule has 0 aliphatic heterocycles. The average molecular weight is 242 g/mol. The molecule has 0 saturated heterocycles. The van der Waals surface area contributed by atoms with Crippen LogP contribution in [0.4, 0.5) is 0 Å². The van der Waals surface area contributed by atoms with E-state index in [-0.39, 0.29) is 17.6 Å². The zero-order valence-corrected chi connectivity index (χ0v) is 11.0. The summed E-state index contributed by atoms with van der Waals surface area (Å²) in [4.78, 5) is 0. The highest BCUT2D eigenvalue weighted by molar-refractivity contribution is 5.05. The molecule has 3 heteroatoms. The monoisotopic (exact) mass is 242 g/mol. The van der Waals surface area contributed by atoms with Gasteiger partial charge < -0.3 is 14.6 Å². The van der Waals surface area contributed by atoms with Gasteiger partial charge in [-0.15, -0.1) is 0 Å². The van der Waals surface area contributed by atoms with Crippen LogP contribution in [0.25, 0.3) is 0 Å². The Kier molecular flexibility index (Phi) is 4.83. The number of aliphatic hydroxyl groups is 1. The van der Waals surface area contributed by atoms with E-state index in [9.17, 15) is 5.11 Å². The van der Waals surface area contributed by atoms with Crippen LogP contribution in [0.3, 0.4) is 0 Å². The maximum atomic E-state index is 10.0. The SMILES string of the molecule is CCCOCCOC1CC(O)C12CCCCC2. The van der Waals surface area contributed by atoms with Crippen LogP contribution < -0.4 is 0 Å². The number of ether oxygens (including phenoxy) is 2. The third-order valence-corrected chi connectivity index (χ3v) is 4.42. The average Bonchev–Trinajstić information content (AvgIpc) is 2.38. The van der Waals surface area contributed by atoms with Crippen molar-refractivity contribution >= 4 is 0 Å². The maximum Gasteiger partial charge on any atom is 0.0704 e. The molecule has 0 radical (unpaired) electrons. The summed E-state index contributed by atoms with van der Waals surface area (Å²) >= 11 is 0. The Hall–Kier alpha value is -0.120. The molecule has 0 amide bonds. The highest BCUT2D eigenvalue weighted by Gasteiger charge is 2.55. The summed E-state index contributed by atoms with van der Waals surface area (Å²) < 4.78 is 11.3. The Morgan fingerprint density at radius 3 is 2.53 bits per heavy atom. The molecule has 2 aliphatic carbocycles. The second-order valence-corrected chi connectivity index (χ2v) is 5.52.